The first kappa shape index (κ1) is 12.6. The predicted octanol–water partition coefficient (Wildman–Crippen LogP) is 3.39. The van der Waals surface area contributed by atoms with Crippen molar-refractivity contribution >= 4 is 21.7 Å². The zero-order valence-electron chi connectivity index (χ0n) is 9.68. The molecule has 2 aromatic rings. The minimum atomic E-state index is -0.144. The molecular formula is C14H11BrO3. The van der Waals surface area contributed by atoms with E-state index in [0.717, 1.165) is 4.47 Å². The lowest BCUT2D eigenvalue weighted by molar-refractivity contribution is 0.103. The Bertz CT molecular complexity index is 593. The second kappa shape index (κ2) is 5.23. The van der Waals surface area contributed by atoms with Crippen LogP contribution in [0.2, 0.25) is 0 Å². The molecule has 0 aromatic heterocycles. The molecule has 0 bridgehead atoms. The number of phenolic OH excluding ortho intramolecular Hbond substituents is 1. The van der Waals surface area contributed by atoms with Crippen LogP contribution in [0.1, 0.15) is 15.9 Å². The van der Waals surface area contributed by atoms with E-state index in [2.05, 4.69) is 15.9 Å². The van der Waals surface area contributed by atoms with E-state index in [1.54, 1.807) is 30.3 Å². The maximum atomic E-state index is 12.2. The lowest BCUT2D eigenvalue weighted by atomic mass is 10.0. The summed E-state index contributed by atoms with van der Waals surface area (Å²) in [6.07, 6.45) is 0. The summed E-state index contributed by atoms with van der Waals surface area (Å²) in [5.41, 5.74) is 0.986. The molecule has 1 N–H and O–H groups in total. The van der Waals surface area contributed by atoms with Crippen molar-refractivity contribution in [2.45, 2.75) is 0 Å². The van der Waals surface area contributed by atoms with Gasteiger partial charge in [-0.15, -0.1) is 0 Å². The highest BCUT2D eigenvalue weighted by Gasteiger charge is 2.12. The normalized spacial score (nSPS) is 10.1. The van der Waals surface area contributed by atoms with Gasteiger partial charge in [-0.3, -0.25) is 4.79 Å². The highest BCUT2D eigenvalue weighted by atomic mass is 79.9. The third kappa shape index (κ3) is 2.54. The number of phenols is 1. The maximum Gasteiger partial charge on any atom is 0.193 e. The fourth-order valence-electron chi connectivity index (χ4n) is 1.63. The molecular weight excluding hydrogens is 296 g/mol. The molecule has 0 saturated carbocycles. The first-order chi connectivity index (χ1) is 8.61. The largest absolute Gasteiger partial charge is 0.504 e. The number of carbonyl (C=O) groups is 1. The van der Waals surface area contributed by atoms with Crippen LogP contribution in [0.4, 0.5) is 0 Å². The standard InChI is InChI=1S/C14H11BrO3/c1-18-13-6-5-10(8-12(13)16)14(17)9-3-2-4-11(15)7-9/h2-8,16H,1H3. The second-order valence-electron chi connectivity index (χ2n) is 3.73. The van der Waals surface area contributed by atoms with Gasteiger partial charge >= 0.3 is 0 Å². The Hall–Kier alpha value is -1.81. The van der Waals surface area contributed by atoms with Gasteiger partial charge in [0.2, 0.25) is 0 Å². The summed E-state index contributed by atoms with van der Waals surface area (Å²) >= 11 is 3.32. The Balaban J connectivity index is 2.37. The third-order valence-corrected chi connectivity index (χ3v) is 3.02. The average molecular weight is 307 g/mol. The minimum absolute atomic E-state index is 0.0432. The van der Waals surface area contributed by atoms with Crippen LogP contribution in [-0.4, -0.2) is 18.0 Å². The van der Waals surface area contributed by atoms with E-state index in [0.29, 0.717) is 16.9 Å². The summed E-state index contributed by atoms with van der Waals surface area (Å²) in [5, 5.41) is 9.66. The van der Waals surface area contributed by atoms with Crippen LogP contribution in [0.25, 0.3) is 0 Å². The van der Waals surface area contributed by atoms with E-state index in [9.17, 15) is 9.90 Å². The summed E-state index contributed by atoms with van der Waals surface area (Å²) < 4.78 is 5.77. The highest BCUT2D eigenvalue weighted by molar-refractivity contribution is 9.10. The first-order valence-corrected chi connectivity index (χ1v) is 6.08. The zero-order valence-corrected chi connectivity index (χ0v) is 11.3. The Morgan fingerprint density at radius 3 is 2.50 bits per heavy atom. The molecule has 0 radical (unpaired) electrons. The summed E-state index contributed by atoms with van der Waals surface area (Å²) in [7, 11) is 1.46. The monoisotopic (exact) mass is 306 g/mol. The number of ketones is 1. The van der Waals surface area contributed by atoms with Crippen molar-refractivity contribution in [3.8, 4) is 11.5 Å². The van der Waals surface area contributed by atoms with Gasteiger partial charge in [-0.25, -0.2) is 0 Å². The molecule has 0 aliphatic rings. The van der Waals surface area contributed by atoms with Crippen molar-refractivity contribution in [3.05, 3.63) is 58.1 Å². The summed E-state index contributed by atoms with van der Waals surface area (Å²) in [6, 6.07) is 11.7. The van der Waals surface area contributed by atoms with Crippen molar-refractivity contribution in [1.82, 2.24) is 0 Å². The maximum absolute atomic E-state index is 12.2. The SMILES string of the molecule is COc1ccc(C(=O)c2cccc(Br)c2)cc1O. The van der Waals surface area contributed by atoms with Crippen molar-refractivity contribution < 1.29 is 14.6 Å². The van der Waals surface area contributed by atoms with Gasteiger partial charge in [0.05, 0.1) is 7.11 Å². The van der Waals surface area contributed by atoms with Crippen LogP contribution in [0.5, 0.6) is 11.5 Å². The molecule has 3 nitrogen and oxygen atoms in total. The Labute approximate surface area is 113 Å². The zero-order chi connectivity index (χ0) is 13.1. The van der Waals surface area contributed by atoms with Crippen molar-refractivity contribution in [2.75, 3.05) is 7.11 Å². The number of carbonyl (C=O) groups excluding carboxylic acids is 1. The molecule has 0 amide bonds. The number of halogens is 1. The molecule has 0 aliphatic heterocycles. The molecule has 0 heterocycles. The van der Waals surface area contributed by atoms with Crippen LogP contribution < -0.4 is 4.74 Å². The summed E-state index contributed by atoms with van der Waals surface area (Å²) in [5.74, 6) is 0.161. The Kier molecular flexibility index (Phi) is 3.67. The van der Waals surface area contributed by atoms with Gasteiger partial charge in [-0.05, 0) is 30.3 Å². The highest BCUT2D eigenvalue weighted by Crippen LogP contribution is 2.27. The lowest BCUT2D eigenvalue weighted by Crippen LogP contribution is -2.01. The number of aromatic hydroxyl groups is 1. The molecule has 0 spiro atoms. The Morgan fingerprint density at radius 1 is 1.17 bits per heavy atom. The van der Waals surface area contributed by atoms with Gasteiger partial charge in [0, 0.05) is 15.6 Å². The number of rotatable bonds is 3. The van der Waals surface area contributed by atoms with Crippen LogP contribution in [0, 0.1) is 0 Å². The van der Waals surface area contributed by atoms with Gasteiger partial charge in [0.25, 0.3) is 0 Å². The van der Waals surface area contributed by atoms with E-state index in [1.165, 1.54) is 13.2 Å². The van der Waals surface area contributed by atoms with Gasteiger partial charge in [-0.2, -0.15) is 0 Å². The number of ether oxygens (including phenoxy) is 1. The first-order valence-electron chi connectivity index (χ1n) is 5.29. The lowest BCUT2D eigenvalue weighted by Gasteiger charge is -2.06. The number of hydrogen-bond donors (Lipinski definition) is 1. The Morgan fingerprint density at radius 2 is 1.89 bits per heavy atom. The van der Waals surface area contributed by atoms with E-state index < -0.39 is 0 Å². The summed E-state index contributed by atoms with van der Waals surface area (Å²) in [4.78, 5) is 12.2. The van der Waals surface area contributed by atoms with E-state index >= 15 is 0 Å². The minimum Gasteiger partial charge on any atom is -0.504 e. The number of hydrogen-bond acceptors (Lipinski definition) is 3. The van der Waals surface area contributed by atoms with Gasteiger partial charge in [0.15, 0.2) is 17.3 Å². The van der Waals surface area contributed by atoms with Crippen molar-refractivity contribution in [1.29, 1.82) is 0 Å². The third-order valence-electron chi connectivity index (χ3n) is 2.53. The summed E-state index contributed by atoms with van der Waals surface area (Å²) in [6.45, 7) is 0. The fourth-order valence-corrected chi connectivity index (χ4v) is 2.03. The molecule has 2 aromatic carbocycles. The van der Waals surface area contributed by atoms with E-state index in [4.69, 9.17) is 4.74 Å². The van der Waals surface area contributed by atoms with E-state index in [-0.39, 0.29) is 11.5 Å². The number of benzene rings is 2. The fraction of sp³-hybridized carbons (Fsp3) is 0.0714. The second-order valence-corrected chi connectivity index (χ2v) is 4.64. The van der Waals surface area contributed by atoms with Crippen LogP contribution in [0.15, 0.2) is 46.9 Å². The van der Waals surface area contributed by atoms with Gasteiger partial charge in [-0.1, -0.05) is 28.1 Å². The van der Waals surface area contributed by atoms with Crippen LogP contribution in [0.3, 0.4) is 0 Å². The molecule has 0 saturated heterocycles. The molecule has 0 unspecified atom stereocenters. The van der Waals surface area contributed by atoms with Gasteiger partial charge in [0.1, 0.15) is 0 Å². The van der Waals surface area contributed by atoms with Gasteiger partial charge < -0.3 is 9.84 Å². The van der Waals surface area contributed by atoms with Crippen LogP contribution >= 0.6 is 15.9 Å². The molecule has 0 atom stereocenters. The van der Waals surface area contributed by atoms with Crippen molar-refractivity contribution in [3.63, 3.8) is 0 Å². The quantitative estimate of drug-likeness (QED) is 0.884. The van der Waals surface area contributed by atoms with Crippen LogP contribution in [-0.2, 0) is 0 Å². The average Bonchev–Trinajstić information content (AvgIpc) is 2.37. The topological polar surface area (TPSA) is 46.5 Å². The van der Waals surface area contributed by atoms with Crippen molar-refractivity contribution in [2.24, 2.45) is 0 Å². The molecule has 18 heavy (non-hydrogen) atoms. The molecule has 92 valence electrons. The number of methoxy groups -OCH3 is 1. The van der Waals surface area contributed by atoms with E-state index in [1.807, 2.05) is 6.07 Å². The molecule has 0 fully saturated rings. The molecule has 4 heteroatoms. The molecule has 2 rings (SSSR count). The predicted molar refractivity (Wildman–Crippen MR) is 72.2 cm³/mol. The molecule has 0 aliphatic carbocycles. The smallest absolute Gasteiger partial charge is 0.193 e.